The van der Waals surface area contributed by atoms with Crippen molar-refractivity contribution >= 4 is 11.7 Å². The topological polar surface area (TPSA) is 90.7 Å². The number of hydrogen-bond donors (Lipinski definition) is 2. The summed E-state index contributed by atoms with van der Waals surface area (Å²) in [6.07, 6.45) is 5.21. The van der Waals surface area contributed by atoms with Gasteiger partial charge in [-0.2, -0.15) is 0 Å². The summed E-state index contributed by atoms with van der Waals surface area (Å²) >= 11 is 0. The van der Waals surface area contributed by atoms with Crippen LogP contribution in [0.5, 0.6) is 0 Å². The van der Waals surface area contributed by atoms with Gasteiger partial charge in [0.05, 0.1) is 18.5 Å². The van der Waals surface area contributed by atoms with Crippen molar-refractivity contribution in [3.8, 4) is 0 Å². The average molecular weight is 468 g/mol. The largest absolute Gasteiger partial charge is 0.388 e. The minimum Gasteiger partial charge on any atom is -0.388 e. The second-order valence-electron chi connectivity index (χ2n) is 10.0. The lowest BCUT2D eigenvalue weighted by atomic mass is 9.90. The van der Waals surface area contributed by atoms with Gasteiger partial charge in [0.2, 0.25) is 5.91 Å². The predicted octanol–water partition coefficient (Wildman–Crippen LogP) is 2.30. The first-order valence-electron chi connectivity index (χ1n) is 12.4. The Hall–Kier alpha value is -2.71. The van der Waals surface area contributed by atoms with Gasteiger partial charge in [-0.05, 0) is 50.8 Å². The minimum atomic E-state index is -1.02. The molecular weight excluding hydrogens is 430 g/mol. The maximum absolute atomic E-state index is 12.8. The van der Waals surface area contributed by atoms with Crippen molar-refractivity contribution in [1.82, 2.24) is 19.4 Å². The summed E-state index contributed by atoms with van der Waals surface area (Å²) in [5, 5.41) is 14.4. The van der Waals surface area contributed by atoms with E-state index in [1.165, 1.54) is 23.4 Å². The lowest BCUT2D eigenvalue weighted by molar-refractivity contribution is -0.136. The highest BCUT2D eigenvalue weighted by molar-refractivity contribution is 5.77. The first-order chi connectivity index (χ1) is 16.3. The van der Waals surface area contributed by atoms with Gasteiger partial charge < -0.3 is 20.2 Å². The molecule has 2 N–H and O–H groups in total. The standard InChI is InChI=1S/C26H37N5O3/c1-20(21-7-4-3-5-8-21)15-24(32)30-13-10-26(34,11-14-30)18-31-19-28-23(16-25(31)33)27-17-22-9-6-12-29(22)2/h3-5,7-8,16,19-20,22,27,34H,6,9-15,17-18H2,1-2H3/t20?,22-/m0/s1. The fraction of sp³-hybridized carbons (Fsp3) is 0.577. The molecule has 0 bridgehead atoms. The number of benzene rings is 1. The number of aromatic nitrogens is 2. The van der Waals surface area contributed by atoms with Gasteiger partial charge in [-0.15, -0.1) is 0 Å². The molecule has 4 rings (SSSR count). The summed E-state index contributed by atoms with van der Waals surface area (Å²) in [7, 11) is 2.12. The number of rotatable bonds is 8. The molecule has 0 spiro atoms. The molecule has 8 heteroatoms. The van der Waals surface area contributed by atoms with E-state index in [1.807, 2.05) is 35.2 Å². The number of nitrogens with one attached hydrogen (secondary N) is 1. The Labute approximate surface area is 201 Å². The molecule has 2 aliphatic heterocycles. The Morgan fingerprint density at radius 2 is 1.97 bits per heavy atom. The zero-order valence-corrected chi connectivity index (χ0v) is 20.3. The van der Waals surface area contributed by atoms with Crippen molar-refractivity contribution in [3.05, 3.63) is 58.6 Å². The molecule has 1 amide bonds. The molecule has 184 valence electrons. The van der Waals surface area contributed by atoms with Crippen molar-refractivity contribution in [2.75, 3.05) is 38.5 Å². The number of carbonyl (C=O) groups is 1. The van der Waals surface area contributed by atoms with Gasteiger partial charge in [0, 0.05) is 38.2 Å². The zero-order chi connectivity index (χ0) is 24.1. The van der Waals surface area contributed by atoms with Crippen molar-refractivity contribution in [1.29, 1.82) is 0 Å². The number of likely N-dealkylation sites (tertiary alicyclic amines) is 2. The molecule has 34 heavy (non-hydrogen) atoms. The highest BCUT2D eigenvalue weighted by Crippen LogP contribution is 2.26. The van der Waals surface area contributed by atoms with E-state index < -0.39 is 5.60 Å². The molecule has 3 heterocycles. The Morgan fingerprint density at radius 1 is 1.24 bits per heavy atom. The third-order valence-electron chi connectivity index (χ3n) is 7.43. The molecular formula is C26H37N5O3. The smallest absolute Gasteiger partial charge is 0.255 e. The van der Waals surface area contributed by atoms with Crippen LogP contribution in [0.25, 0.3) is 0 Å². The average Bonchev–Trinajstić information content (AvgIpc) is 3.25. The molecule has 2 aliphatic rings. The van der Waals surface area contributed by atoms with Crippen LogP contribution in [0.3, 0.4) is 0 Å². The lowest BCUT2D eigenvalue weighted by Gasteiger charge is -2.38. The monoisotopic (exact) mass is 467 g/mol. The van der Waals surface area contributed by atoms with Crippen molar-refractivity contribution in [2.24, 2.45) is 0 Å². The molecule has 2 aromatic rings. The van der Waals surface area contributed by atoms with E-state index in [0.717, 1.165) is 25.1 Å². The predicted molar refractivity (Wildman–Crippen MR) is 133 cm³/mol. The van der Waals surface area contributed by atoms with Gasteiger partial charge in [0.25, 0.3) is 5.56 Å². The van der Waals surface area contributed by atoms with Crippen molar-refractivity contribution < 1.29 is 9.90 Å². The molecule has 1 aromatic carbocycles. The van der Waals surface area contributed by atoms with Crippen LogP contribution in [0.4, 0.5) is 5.82 Å². The fourth-order valence-electron chi connectivity index (χ4n) is 5.04. The van der Waals surface area contributed by atoms with Crippen LogP contribution in [0.2, 0.25) is 0 Å². The van der Waals surface area contributed by atoms with E-state index in [1.54, 1.807) is 0 Å². The van der Waals surface area contributed by atoms with Gasteiger partial charge in [-0.1, -0.05) is 37.3 Å². The maximum atomic E-state index is 12.8. The number of hydrogen-bond acceptors (Lipinski definition) is 6. The van der Waals surface area contributed by atoms with Crippen LogP contribution in [-0.4, -0.2) is 75.2 Å². The number of piperidine rings is 1. The first kappa shape index (κ1) is 24.4. The first-order valence-corrected chi connectivity index (χ1v) is 12.4. The van der Waals surface area contributed by atoms with Crippen LogP contribution >= 0.6 is 0 Å². The summed E-state index contributed by atoms with van der Waals surface area (Å²) in [5.74, 6) is 0.836. The second kappa shape index (κ2) is 10.7. The number of anilines is 1. The van der Waals surface area contributed by atoms with E-state index in [0.29, 0.717) is 44.2 Å². The van der Waals surface area contributed by atoms with Gasteiger partial charge in [-0.25, -0.2) is 4.98 Å². The molecule has 0 saturated carbocycles. The van der Waals surface area contributed by atoms with Crippen LogP contribution in [-0.2, 0) is 11.3 Å². The second-order valence-corrected chi connectivity index (χ2v) is 10.0. The summed E-state index contributed by atoms with van der Waals surface area (Å²) < 4.78 is 1.47. The summed E-state index contributed by atoms with van der Waals surface area (Å²) in [6, 6.07) is 12.0. The van der Waals surface area contributed by atoms with E-state index in [9.17, 15) is 14.7 Å². The highest BCUT2D eigenvalue weighted by Gasteiger charge is 2.35. The third-order valence-corrected chi connectivity index (χ3v) is 7.43. The fourth-order valence-corrected chi connectivity index (χ4v) is 5.04. The van der Waals surface area contributed by atoms with E-state index >= 15 is 0 Å². The molecule has 2 saturated heterocycles. The van der Waals surface area contributed by atoms with Crippen LogP contribution in [0.15, 0.2) is 47.5 Å². The van der Waals surface area contributed by atoms with E-state index in [2.05, 4.69) is 29.2 Å². The van der Waals surface area contributed by atoms with Crippen LogP contribution < -0.4 is 10.9 Å². The zero-order valence-electron chi connectivity index (χ0n) is 20.3. The van der Waals surface area contributed by atoms with Crippen LogP contribution in [0, 0.1) is 0 Å². The van der Waals surface area contributed by atoms with Crippen molar-refractivity contribution in [2.45, 2.75) is 63.1 Å². The Balaban J connectivity index is 1.27. The summed E-state index contributed by atoms with van der Waals surface area (Å²) in [4.78, 5) is 34.0. The molecule has 8 nitrogen and oxygen atoms in total. The molecule has 1 aromatic heterocycles. The van der Waals surface area contributed by atoms with Crippen LogP contribution in [0.1, 0.15) is 50.5 Å². The van der Waals surface area contributed by atoms with Gasteiger partial charge in [0.1, 0.15) is 5.82 Å². The number of amides is 1. The van der Waals surface area contributed by atoms with E-state index in [4.69, 9.17) is 0 Å². The SMILES string of the molecule is CC(CC(=O)N1CCC(O)(Cn2cnc(NC[C@@H]3CCCN3C)cc2=O)CC1)c1ccccc1. The number of nitrogens with zero attached hydrogens (tertiary/aromatic N) is 4. The minimum absolute atomic E-state index is 0.112. The summed E-state index contributed by atoms with van der Waals surface area (Å²) in [5.41, 5.74) is -0.0419. The lowest BCUT2D eigenvalue weighted by Crippen LogP contribution is -2.49. The maximum Gasteiger partial charge on any atom is 0.255 e. The van der Waals surface area contributed by atoms with Crippen molar-refractivity contribution in [3.63, 3.8) is 0 Å². The Bertz CT molecular complexity index is 1020. The third kappa shape index (κ3) is 6.04. The number of aliphatic hydroxyl groups is 1. The number of likely N-dealkylation sites (N-methyl/N-ethyl adjacent to an activating group) is 1. The van der Waals surface area contributed by atoms with Gasteiger partial charge in [-0.3, -0.25) is 14.2 Å². The normalized spacial score (nSPS) is 21.4. The molecule has 0 radical (unpaired) electrons. The molecule has 1 unspecified atom stereocenters. The Kier molecular flexibility index (Phi) is 7.68. The quantitative estimate of drug-likeness (QED) is 0.619. The summed E-state index contributed by atoms with van der Waals surface area (Å²) in [6.45, 7) is 5.12. The van der Waals surface area contributed by atoms with Gasteiger partial charge >= 0.3 is 0 Å². The molecule has 2 fully saturated rings. The number of carbonyl (C=O) groups excluding carboxylic acids is 1. The Morgan fingerprint density at radius 3 is 2.62 bits per heavy atom. The molecule has 0 aliphatic carbocycles. The van der Waals surface area contributed by atoms with E-state index in [-0.39, 0.29) is 23.9 Å². The van der Waals surface area contributed by atoms with Gasteiger partial charge in [0.15, 0.2) is 0 Å². The highest BCUT2D eigenvalue weighted by atomic mass is 16.3. The molecule has 2 atom stereocenters.